The summed E-state index contributed by atoms with van der Waals surface area (Å²) in [4.78, 5) is 14.1. The SMILES string of the molecule is CCOC(=O)[C@H]1CCCN(C[C@@H]2CCCO2)C1. The van der Waals surface area contributed by atoms with E-state index in [4.69, 9.17) is 9.47 Å². The molecule has 0 bridgehead atoms. The Morgan fingerprint density at radius 3 is 3.00 bits per heavy atom. The Labute approximate surface area is 103 Å². The van der Waals surface area contributed by atoms with Crippen molar-refractivity contribution in [2.24, 2.45) is 5.92 Å². The number of nitrogens with zero attached hydrogens (tertiary/aromatic N) is 1. The van der Waals surface area contributed by atoms with Gasteiger partial charge in [0.25, 0.3) is 0 Å². The van der Waals surface area contributed by atoms with Gasteiger partial charge in [-0.2, -0.15) is 0 Å². The van der Waals surface area contributed by atoms with E-state index in [2.05, 4.69) is 4.90 Å². The van der Waals surface area contributed by atoms with Crippen molar-refractivity contribution in [2.75, 3.05) is 32.8 Å². The Bertz CT molecular complexity index is 251. The highest BCUT2D eigenvalue weighted by atomic mass is 16.5. The van der Waals surface area contributed by atoms with Crippen molar-refractivity contribution in [2.45, 2.75) is 38.7 Å². The van der Waals surface area contributed by atoms with E-state index in [1.54, 1.807) is 0 Å². The summed E-state index contributed by atoms with van der Waals surface area (Å²) in [6.07, 6.45) is 4.80. The summed E-state index contributed by atoms with van der Waals surface area (Å²) in [6, 6.07) is 0. The number of carbonyl (C=O) groups excluding carboxylic acids is 1. The first kappa shape index (κ1) is 12.8. The van der Waals surface area contributed by atoms with E-state index in [0.717, 1.165) is 39.1 Å². The highest BCUT2D eigenvalue weighted by molar-refractivity contribution is 5.72. The van der Waals surface area contributed by atoms with Crippen LogP contribution < -0.4 is 0 Å². The van der Waals surface area contributed by atoms with Crippen LogP contribution in [0.25, 0.3) is 0 Å². The molecule has 0 unspecified atom stereocenters. The molecular weight excluding hydrogens is 218 g/mol. The Morgan fingerprint density at radius 2 is 2.29 bits per heavy atom. The van der Waals surface area contributed by atoms with Gasteiger partial charge < -0.3 is 9.47 Å². The van der Waals surface area contributed by atoms with Crippen molar-refractivity contribution >= 4 is 5.97 Å². The molecule has 0 aromatic rings. The third kappa shape index (κ3) is 3.68. The van der Waals surface area contributed by atoms with E-state index < -0.39 is 0 Å². The van der Waals surface area contributed by atoms with Crippen LogP contribution >= 0.6 is 0 Å². The quantitative estimate of drug-likeness (QED) is 0.698. The molecule has 98 valence electrons. The van der Waals surface area contributed by atoms with Gasteiger partial charge in [0, 0.05) is 19.7 Å². The largest absolute Gasteiger partial charge is 0.466 e. The van der Waals surface area contributed by atoms with E-state index in [1.165, 1.54) is 12.8 Å². The summed E-state index contributed by atoms with van der Waals surface area (Å²) in [6.45, 7) is 6.18. The van der Waals surface area contributed by atoms with Crippen molar-refractivity contribution < 1.29 is 14.3 Å². The molecule has 2 aliphatic rings. The summed E-state index contributed by atoms with van der Waals surface area (Å²) in [7, 11) is 0. The molecule has 0 N–H and O–H groups in total. The molecular formula is C13H23NO3. The highest BCUT2D eigenvalue weighted by Gasteiger charge is 2.28. The predicted molar refractivity (Wildman–Crippen MR) is 64.8 cm³/mol. The average Bonchev–Trinajstić information content (AvgIpc) is 2.82. The van der Waals surface area contributed by atoms with Gasteiger partial charge in [-0.25, -0.2) is 0 Å². The molecule has 0 spiro atoms. The van der Waals surface area contributed by atoms with Crippen molar-refractivity contribution in [3.63, 3.8) is 0 Å². The molecule has 2 heterocycles. The van der Waals surface area contributed by atoms with Crippen LogP contribution in [-0.4, -0.2) is 49.8 Å². The molecule has 0 radical (unpaired) electrons. The van der Waals surface area contributed by atoms with Gasteiger partial charge in [-0.3, -0.25) is 9.69 Å². The first-order valence-electron chi connectivity index (χ1n) is 6.80. The molecule has 0 saturated carbocycles. The standard InChI is InChI=1S/C13H23NO3/c1-2-16-13(15)11-5-3-7-14(9-11)10-12-6-4-8-17-12/h11-12H,2-10H2,1H3/t11-,12-/m0/s1. The van der Waals surface area contributed by atoms with Gasteiger partial charge in [0.05, 0.1) is 18.6 Å². The number of hydrogen-bond acceptors (Lipinski definition) is 4. The monoisotopic (exact) mass is 241 g/mol. The van der Waals surface area contributed by atoms with Crippen LogP contribution in [-0.2, 0) is 14.3 Å². The fourth-order valence-corrected chi connectivity index (χ4v) is 2.75. The lowest BCUT2D eigenvalue weighted by atomic mass is 9.98. The van der Waals surface area contributed by atoms with Gasteiger partial charge in [0.2, 0.25) is 0 Å². The molecule has 2 aliphatic heterocycles. The lowest BCUT2D eigenvalue weighted by Crippen LogP contribution is -2.42. The van der Waals surface area contributed by atoms with E-state index >= 15 is 0 Å². The van der Waals surface area contributed by atoms with E-state index in [-0.39, 0.29) is 11.9 Å². The number of likely N-dealkylation sites (tertiary alicyclic amines) is 1. The number of carbonyl (C=O) groups is 1. The van der Waals surface area contributed by atoms with Crippen LogP contribution in [0.1, 0.15) is 32.6 Å². The number of piperidine rings is 1. The van der Waals surface area contributed by atoms with Crippen LogP contribution in [0.15, 0.2) is 0 Å². The Hall–Kier alpha value is -0.610. The van der Waals surface area contributed by atoms with Crippen LogP contribution in [0.4, 0.5) is 0 Å². The zero-order valence-corrected chi connectivity index (χ0v) is 10.7. The number of hydrogen-bond donors (Lipinski definition) is 0. The number of esters is 1. The minimum atomic E-state index is -0.0236. The van der Waals surface area contributed by atoms with E-state index in [1.807, 2.05) is 6.92 Å². The highest BCUT2D eigenvalue weighted by Crippen LogP contribution is 2.20. The van der Waals surface area contributed by atoms with Crippen molar-refractivity contribution in [3.8, 4) is 0 Å². The molecule has 17 heavy (non-hydrogen) atoms. The van der Waals surface area contributed by atoms with Gasteiger partial charge in [0.15, 0.2) is 0 Å². The molecule has 0 aromatic heterocycles. The van der Waals surface area contributed by atoms with Crippen LogP contribution in [0, 0.1) is 5.92 Å². The Morgan fingerprint density at radius 1 is 1.41 bits per heavy atom. The maximum Gasteiger partial charge on any atom is 0.310 e. The fraction of sp³-hybridized carbons (Fsp3) is 0.923. The number of ether oxygens (including phenoxy) is 2. The van der Waals surface area contributed by atoms with Crippen LogP contribution in [0.5, 0.6) is 0 Å². The minimum Gasteiger partial charge on any atom is -0.466 e. The smallest absolute Gasteiger partial charge is 0.310 e. The molecule has 4 nitrogen and oxygen atoms in total. The molecule has 2 rings (SSSR count). The first-order valence-corrected chi connectivity index (χ1v) is 6.80. The minimum absolute atomic E-state index is 0.0236. The third-order valence-corrected chi connectivity index (χ3v) is 3.61. The van der Waals surface area contributed by atoms with Crippen LogP contribution in [0.2, 0.25) is 0 Å². The maximum absolute atomic E-state index is 11.7. The Kier molecular flexibility index (Phi) is 4.80. The predicted octanol–water partition coefficient (Wildman–Crippen LogP) is 1.44. The summed E-state index contributed by atoms with van der Waals surface area (Å²) in [5.41, 5.74) is 0. The third-order valence-electron chi connectivity index (χ3n) is 3.61. The second-order valence-corrected chi connectivity index (χ2v) is 4.99. The van der Waals surface area contributed by atoms with Gasteiger partial charge in [-0.1, -0.05) is 0 Å². The second-order valence-electron chi connectivity index (χ2n) is 4.99. The maximum atomic E-state index is 11.7. The van der Waals surface area contributed by atoms with E-state index in [0.29, 0.717) is 12.7 Å². The van der Waals surface area contributed by atoms with Gasteiger partial charge in [-0.15, -0.1) is 0 Å². The zero-order valence-electron chi connectivity index (χ0n) is 10.7. The Balaban J connectivity index is 1.77. The second kappa shape index (κ2) is 6.36. The summed E-state index contributed by atoms with van der Waals surface area (Å²) in [5.74, 6) is 0.0506. The summed E-state index contributed by atoms with van der Waals surface area (Å²) >= 11 is 0. The van der Waals surface area contributed by atoms with Gasteiger partial charge in [-0.05, 0) is 39.2 Å². The van der Waals surface area contributed by atoms with Crippen LogP contribution in [0.3, 0.4) is 0 Å². The fourth-order valence-electron chi connectivity index (χ4n) is 2.75. The molecule has 0 aliphatic carbocycles. The number of rotatable bonds is 4. The molecule has 2 saturated heterocycles. The normalized spacial score (nSPS) is 30.4. The van der Waals surface area contributed by atoms with Gasteiger partial charge in [0.1, 0.15) is 0 Å². The van der Waals surface area contributed by atoms with E-state index in [9.17, 15) is 4.79 Å². The first-order chi connectivity index (χ1) is 8.29. The van der Waals surface area contributed by atoms with Gasteiger partial charge >= 0.3 is 5.97 Å². The van der Waals surface area contributed by atoms with Crippen molar-refractivity contribution in [1.82, 2.24) is 4.90 Å². The van der Waals surface area contributed by atoms with Crippen molar-refractivity contribution in [1.29, 1.82) is 0 Å². The van der Waals surface area contributed by atoms with Crippen molar-refractivity contribution in [3.05, 3.63) is 0 Å². The summed E-state index contributed by atoms with van der Waals surface area (Å²) < 4.78 is 10.7. The topological polar surface area (TPSA) is 38.8 Å². The average molecular weight is 241 g/mol. The molecule has 4 heteroatoms. The molecule has 0 amide bonds. The molecule has 2 atom stereocenters. The zero-order chi connectivity index (χ0) is 12.1. The summed E-state index contributed by atoms with van der Waals surface area (Å²) in [5, 5.41) is 0. The lowest BCUT2D eigenvalue weighted by Gasteiger charge is -2.32. The molecule has 0 aromatic carbocycles. The molecule has 2 fully saturated rings. The lowest BCUT2D eigenvalue weighted by molar-refractivity contribution is -0.150.